The van der Waals surface area contributed by atoms with E-state index < -0.39 is 22.9 Å². The van der Waals surface area contributed by atoms with Crippen LogP contribution >= 0.6 is 0 Å². The molecule has 0 aliphatic rings. The minimum absolute atomic E-state index is 0.0572. The number of halogens is 1. The third-order valence-corrected chi connectivity index (χ3v) is 4.97. The summed E-state index contributed by atoms with van der Waals surface area (Å²) >= 11 is 0. The Morgan fingerprint density at radius 1 is 1.27 bits per heavy atom. The van der Waals surface area contributed by atoms with Crippen LogP contribution in [0.5, 0.6) is 0 Å². The van der Waals surface area contributed by atoms with Crippen molar-refractivity contribution in [2.24, 2.45) is 0 Å². The maximum Gasteiger partial charge on any atom is 0.229 e. The van der Waals surface area contributed by atoms with Crippen LogP contribution in [0, 0.1) is 19.3 Å². The van der Waals surface area contributed by atoms with Crippen molar-refractivity contribution in [1.82, 2.24) is 9.55 Å². The van der Waals surface area contributed by atoms with Gasteiger partial charge >= 0.3 is 0 Å². The van der Waals surface area contributed by atoms with E-state index in [0.717, 1.165) is 11.1 Å². The predicted octanol–water partition coefficient (Wildman–Crippen LogP) is 5.03. The monoisotopic (exact) mass is 408 g/mol. The van der Waals surface area contributed by atoms with Gasteiger partial charge in [0.1, 0.15) is 5.82 Å². The largest absolute Gasteiger partial charge is 0.385 e. The molecule has 0 unspecified atom stereocenters. The molecule has 6 nitrogen and oxygen atoms in total. The van der Waals surface area contributed by atoms with E-state index in [1.807, 2.05) is 38.3 Å². The first-order valence-electron chi connectivity index (χ1n) is 9.62. The second kappa shape index (κ2) is 7.54. The highest BCUT2D eigenvalue weighted by molar-refractivity contribution is 5.93. The molecule has 2 N–H and O–H groups in total. The molecule has 0 bridgehead atoms. The molecule has 0 aliphatic carbocycles. The number of aryl methyl sites for hydroxylation is 1. The quantitative estimate of drug-likeness (QED) is 0.595. The van der Waals surface area contributed by atoms with Crippen molar-refractivity contribution in [2.75, 3.05) is 5.32 Å². The van der Waals surface area contributed by atoms with Crippen LogP contribution in [0.15, 0.2) is 36.4 Å². The number of hydrogen-bond acceptors (Lipinski definition) is 3. The second-order valence-electron chi connectivity index (χ2n) is 8.66. The molecule has 1 atom stereocenters. The van der Waals surface area contributed by atoms with Crippen LogP contribution in [0.4, 0.5) is 16.0 Å². The summed E-state index contributed by atoms with van der Waals surface area (Å²) in [6.45, 7) is 16.5. The molecule has 0 spiro atoms. The summed E-state index contributed by atoms with van der Waals surface area (Å²) < 4.78 is 16.0. The molecule has 3 aromatic rings. The maximum atomic E-state index is 14.1. The topological polar surface area (TPSA) is 71.5 Å². The number of fused-ring (bicyclic) bond motifs is 1. The maximum absolute atomic E-state index is 14.1. The normalized spacial score (nSPS) is 13.7. The number of nitrogens with one attached hydrogen (secondary N) is 1. The van der Waals surface area contributed by atoms with Gasteiger partial charge in [-0.1, -0.05) is 18.2 Å². The third-order valence-electron chi connectivity index (χ3n) is 4.97. The zero-order valence-corrected chi connectivity index (χ0v) is 17.7. The van der Waals surface area contributed by atoms with Crippen molar-refractivity contribution in [1.29, 1.82) is 0 Å². The Labute approximate surface area is 175 Å². The Hall–Kier alpha value is -3.24. The Balaban J connectivity index is 1.98. The molecule has 30 heavy (non-hydrogen) atoms. The van der Waals surface area contributed by atoms with Crippen molar-refractivity contribution >= 4 is 28.6 Å². The van der Waals surface area contributed by atoms with Crippen LogP contribution in [-0.2, 0) is 15.9 Å². The Morgan fingerprint density at radius 3 is 2.53 bits per heavy atom. The molecule has 2 aromatic carbocycles. The number of aliphatic hydroxyl groups is 1. The highest BCUT2D eigenvalue weighted by Gasteiger charge is 2.31. The van der Waals surface area contributed by atoms with E-state index in [2.05, 4.69) is 15.1 Å². The highest BCUT2D eigenvalue weighted by atomic mass is 19.1. The molecule has 7 heteroatoms. The number of rotatable bonds is 4. The zero-order chi connectivity index (χ0) is 22.3. The van der Waals surface area contributed by atoms with E-state index in [-0.39, 0.29) is 12.0 Å². The van der Waals surface area contributed by atoms with Crippen molar-refractivity contribution < 1.29 is 14.3 Å². The van der Waals surface area contributed by atoms with Gasteiger partial charge in [-0.3, -0.25) is 10.1 Å². The number of aromatic nitrogens is 2. The van der Waals surface area contributed by atoms with E-state index in [1.165, 1.54) is 25.1 Å². The molecule has 0 saturated heterocycles. The molecule has 156 valence electrons. The molecule has 0 aliphatic heterocycles. The van der Waals surface area contributed by atoms with Gasteiger partial charge in [-0.25, -0.2) is 14.2 Å². The third kappa shape index (κ3) is 4.05. The van der Waals surface area contributed by atoms with Gasteiger partial charge in [0.2, 0.25) is 11.9 Å². The fraction of sp³-hybridized carbons (Fsp3) is 0.348. The summed E-state index contributed by atoms with van der Waals surface area (Å²) in [7, 11) is 0. The van der Waals surface area contributed by atoms with Gasteiger partial charge in [0, 0.05) is 11.1 Å². The molecule has 0 radical (unpaired) electrons. The van der Waals surface area contributed by atoms with E-state index in [9.17, 15) is 14.3 Å². The summed E-state index contributed by atoms with van der Waals surface area (Å²) in [5.41, 5.74) is 0.662. The second-order valence-corrected chi connectivity index (χ2v) is 8.66. The van der Waals surface area contributed by atoms with E-state index in [0.29, 0.717) is 17.2 Å². The van der Waals surface area contributed by atoms with Gasteiger partial charge in [0.05, 0.1) is 29.6 Å². The number of benzene rings is 2. The zero-order valence-electron chi connectivity index (χ0n) is 17.7. The lowest BCUT2D eigenvalue weighted by atomic mass is 9.92. The predicted molar refractivity (Wildman–Crippen MR) is 115 cm³/mol. The van der Waals surface area contributed by atoms with E-state index in [1.54, 1.807) is 12.1 Å². The molecular formula is C23H25FN4O2. The van der Waals surface area contributed by atoms with Crippen molar-refractivity contribution in [2.45, 2.75) is 52.2 Å². The lowest BCUT2D eigenvalue weighted by molar-refractivity contribution is -0.120. The van der Waals surface area contributed by atoms with Crippen LogP contribution in [0.1, 0.15) is 45.2 Å². The molecule has 1 amide bonds. The first-order chi connectivity index (χ1) is 13.9. The Kier molecular flexibility index (Phi) is 5.40. The minimum Gasteiger partial charge on any atom is -0.385 e. The van der Waals surface area contributed by atoms with Gasteiger partial charge in [0.15, 0.2) is 5.69 Å². The molecule has 0 saturated carbocycles. The van der Waals surface area contributed by atoms with Crippen LogP contribution in [0.2, 0.25) is 0 Å². The number of carbonyl (C=O) groups excluding carboxylic acids is 1. The van der Waals surface area contributed by atoms with Gasteiger partial charge in [-0.2, -0.15) is 0 Å². The summed E-state index contributed by atoms with van der Waals surface area (Å²) in [6.07, 6.45) is -0.340. The van der Waals surface area contributed by atoms with Gasteiger partial charge in [-0.05, 0) is 58.4 Å². The number of imidazole rings is 1. The van der Waals surface area contributed by atoms with Crippen LogP contribution in [-0.4, -0.2) is 20.6 Å². The average molecular weight is 408 g/mol. The lowest BCUT2D eigenvalue weighted by Gasteiger charge is -2.26. The number of carbonyl (C=O) groups is 1. The van der Waals surface area contributed by atoms with Gasteiger partial charge in [0.25, 0.3) is 0 Å². The fourth-order valence-corrected chi connectivity index (χ4v) is 3.58. The average Bonchev–Trinajstić information content (AvgIpc) is 2.97. The minimum atomic E-state index is -1.68. The van der Waals surface area contributed by atoms with E-state index >= 15 is 0 Å². The van der Waals surface area contributed by atoms with Gasteiger partial charge in [-0.15, -0.1) is 0 Å². The van der Waals surface area contributed by atoms with Crippen LogP contribution in [0.25, 0.3) is 15.9 Å². The Morgan fingerprint density at radius 2 is 1.93 bits per heavy atom. The van der Waals surface area contributed by atoms with Crippen molar-refractivity contribution in [3.8, 4) is 0 Å². The number of anilines is 1. The van der Waals surface area contributed by atoms with E-state index in [4.69, 9.17) is 6.57 Å². The molecule has 1 heterocycles. The number of amides is 1. The summed E-state index contributed by atoms with van der Waals surface area (Å²) in [4.78, 5) is 20.9. The summed E-state index contributed by atoms with van der Waals surface area (Å²) in [5, 5.41) is 13.5. The molecule has 3 rings (SSSR count). The number of nitrogens with zero attached hydrogens (tertiary/aromatic N) is 3. The summed E-state index contributed by atoms with van der Waals surface area (Å²) in [5.74, 6) is -0.751. The fourth-order valence-electron chi connectivity index (χ4n) is 3.58. The SMILES string of the molecule is [C-]#[N+]c1cc2c(cc1C)nc(NC(=O)C[C@@](C)(O)c1ccccc1F)n2C(C)(C)C. The standard InChI is InChI=1S/C23H25FN4O2/c1-14-11-18-19(12-17(14)25-6)28(22(2,3)4)21(26-18)27-20(29)13-23(5,30)15-9-7-8-10-16(15)24/h7-12,30H,13H2,1-5H3,(H,26,27,29)/t23-/m1/s1. The first kappa shape index (κ1) is 21.5. The van der Waals surface area contributed by atoms with Crippen LogP contribution in [0.3, 0.4) is 0 Å². The smallest absolute Gasteiger partial charge is 0.229 e. The van der Waals surface area contributed by atoms with Crippen LogP contribution < -0.4 is 5.32 Å². The van der Waals surface area contributed by atoms with Crippen molar-refractivity contribution in [3.63, 3.8) is 0 Å². The van der Waals surface area contributed by atoms with Crippen molar-refractivity contribution in [3.05, 3.63) is 64.8 Å². The molecule has 0 fully saturated rings. The Bertz CT molecular complexity index is 1170. The lowest BCUT2D eigenvalue weighted by Crippen LogP contribution is -2.31. The highest BCUT2D eigenvalue weighted by Crippen LogP contribution is 2.33. The first-order valence-corrected chi connectivity index (χ1v) is 9.62. The number of hydrogen-bond donors (Lipinski definition) is 2. The summed E-state index contributed by atoms with van der Waals surface area (Å²) in [6, 6.07) is 9.43. The molecule has 1 aromatic heterocycles. The van der Waals surface area contributed by atoms with Gasteiger partial charge < -0.3 is 9.67 Å². The molecular weight excluding hydrogens is 383 g/mol.